The van der Waals surface area contributed by atoms with Crippen molar-refractivity contribution < 1.29 is 13.9 Å². The number of rotatable bonds is 2. The van der Waals surface area contributed by atoms with Crippen LogP contribution < -0.4 is 0 Å². The Hall–Kier alpha value is -2.21. The van der Waals surface area contributed by atoms with Crippen LogP contribution in [0.1, 0.15) is 29.8 Å². The number of hydrogen-bond acceptors (Lipinski definition) is 3. The van der Waals surface area contributed by atoms with Gasteiger partial charge in [0.05, 0.1) is 24.4 Å². The number of aromatic nitrogens is 2. The van der Waals surface area contributed by atoms with E-state index in [9.17, 15) is 9.18 Å². The Morgan fingerprint density at radius 1 is 1.30 bits per heavy atom. The van der Waals surface area contributed by atoms with Crippen LogP contribution in [-0.4, -0.2) is 45.9 Å². The van der Waals surface area contributed by atoms with Gasteiger partial charge in [0.15, 0.2) is 5.69 Å². The molecule has 0 N–H and O–H groups in total. The van der Waals surface area contributed by atoms with Crippen molar-refractivity contribution in [2.24, 2.45) is 0 Å². The van der Waals surface area contributed by atoms with Gasteiger partial charge in [-0.3, -0.25) is 4.79 Å². The third-order valence-corrected chi connectivity index (χ3v) is 4.62. The average Bonchev–Trinajstić information content (AvgIpc) is 3.23. The second-order valence-corrected chi connectivity index (χ2v) is 6.03. The summed E-state index contributed by atoms with van der Waals surface area (Å²) in [6.45, 7) is 1.18. The molecule has 23 heavy (non-hydrogen) atoms. The molecule has 2 aromatic rings. The van der Waals surface area contributed by atoms with Crippen LogP contribution in [0, 0.1) is 5.82 Å². The van der Waals surface area contributed by atoms with Crippen LogP contribution >= 0.6 is 0 Å². The lowest BCUT2D eigenvalue weighted by Crippen LogP contribution is -2.51. The van der Waals surface area contributed by atoms with Crippen molar-refractivity contribution in [1.29, 1.82) is 0 Å². The lowest BCUT2D eigenvalue weighted by Gasteiger charge is -2.37. The minimum Gasteiger partial charge on any atom is -0.374 e. The molecule has 1 aromatic heterocycles. The Kier molecular flexibility index (Phi) is 3.61. The molecule has 2 fully saturated rings. The highest BCUT2D eigenvalue weighted by Crippen LogP contribution is 2.30. The molecule has 1 saturated heterocycles. The molecule has 1 amide bonds. The van der Waals surface area contributed by atoms with Crippen LogP contribution in [0.2, 0.25) is 0 Å². The molecule has 2 heterocycles. The number of morpholine rings is 1. The summed E-state index contributed by atoms with van der Waals surface area (Å²) in [6.07, 6.45) is 4.96. The maximum atomic E-state index is 13.3. The van der Waals surface area contributed by atoms with Crippen molar-refractivity contribution >= 4 is 5.91 Å². The van der Waals surface area contributed by atoms with Crippen molar-refractivity contribution in [3.63, 3.8) is 0 Å². The van der Waals surface area contributed by atoms with Gasteiger partial charge in [0.1, 0.15) is 5.82 Å². The van der Waals surface area contributed by atoms with E-state index < -0.39 is 0 Å². The van der Waals surface area contributed by atoms with Crippen LogP contribution in [0.25, 0.3) is 5.69 Å². The van der Waals surface area contributed by atoms with E-state index in [2.05, 4.69) is 5.10 Å². The van der Waals surface area contributed by atoms with Gasteiger partial charge in [-0.25, -0.2) is 9.07 Å². The number of ether oxygens (including phenoxy) is 1. The standard InChI is InChI=1S/C17H18FN3O2/c18-12-3-1-4-13(11-12)21-8-7-14(19-21)17(22)20-9-10-23-16-6-2-5-15(16)20/h1,3-4,7-8,11,15-16H,2,5-6,9-10H2. The summed E-state index contributed by atoms with van der Waals surface area (Å²) < 4.78 is 20.6. The van der Waals surface area contributed by atoms with E-state index in [1.807, 2.05) is 4.90 Å². The van der Waals surface area contributed by atoms with Crippen molar-refractivity contribution in [2.75, 3.05) is 13.2 Å². The molecule has 2 atom stereocenters. The van der Waals surface area contributed by atoms with E-state index in [1.165, 1.54) is 16.8 Å². The van der Waals surface area contributed by atoms with Crippen molar-refractivity contribution in [2.45, 2.75) is 31.4 Å². The fourth-order valence-electron chi connectivity index (χ4n) is 3.53. The Labute approximate surface area is 133 Å². The molecule has 1 aliphatic carbocycles. The Balaban J connectivity index is 1.57. The topological polar surface area (TPSA) is 47.4 Å². The molecule has 2 unspecified atom stereocenters. The third-order valence-electron chi connectivity index (χ3n) is 4.62. The fourth-order valence-corrected chi connectivity index (χ4v) is 3.53. The predicted molar refractivity (Wildman–Crippen MR) is 81.9 cm³/mol. The van der Waals surface area contributed by atoms with Crippen molar-refractivity contribution in [1.82, 2.24) is 14.7 Å². The van der Waals surface area contributed by atoms with Gasteiger partial charge in [-0.15, -0.1) is 0 Å². The summed E-state index contributed by atoms with van der Waals surface area (Å²) in [6, 6.07) is 8.00. The maximum Gasteiger partial charge on any atom is 0.274 e. The van der Waals surface area contributed by atoms with Gasteiger partial charge >= 0.3 is 0 Å². The number of nitrogens with zero attached hydrogens (tertiary/aromatic N) is 3. The van der Waals surface area contributed by atoms with Gasteiger partial charge in [0.25, 0.3) is 5.91 Å². The summed E-state index contributed by atoms with van der Waals surface area (Å²) >= 11 is 0. The minimum absolute atomic E-state index is 0.0691. The molecule has 6 heteroatoms. The second kappa shape index (κ2) is 5.77. The highest BCUT2D eigenvalue weighted by atomic mass is 19.1. The largest absolute Gasteiger partial charge is 0.374 e. The summed E-state index contributed by atoms with van der Waals surface area (Å²) in [7, 11) is 0. The zero-order valence-electron chi connectivity index (χ0n) is 12.7. The van der Waals surface area contributed by atoms with Crippen molar-refractivity contribution in [3.8, 4) is 5.69 Å². The summed E-state index contributed by atoms with van der Waals surface area (Å²) in [5.74, 6) is -0.395. The summed E-state index contributed by atoms with van der Waals surface area (Å²) in [5, 5.41) is 4.33. The highest BCUT2D eigenvalue weighted by molar-refractivity contribution is 5.92. The predicted octanol–water partition coefficient (Wildman–Crippen LogP) is 2.40. The molecule has 1 aromatic carbocycles. The first kappa shape index (κ1) is 14.4. The molecule has 0 bridgehead atoms. The van der Waals surface area contributed by atoms with E-state index in [4.69, 9.17) is 4.74 Å². The number of halogens is 1. The summed E-state index contributed by atoms with van der Waals surface area (Å²) in [4.78, 5) is 14.7. The Bertz CT molecular complexity index is 730. The normalized spacial score (nSPS) is 23.8. The van der Waals surface area contributed by atoms with Gasteiger partial charge in [-0.2, -0.15) is 5.10 Å². The van der Waals surface area contributed by atoms with Crippen LogP contribution in [0.15, 0.2) is 36.5 Å². The number of carbonyl (C=O) groups is 1. The number of hydrogen-bond donors (Lipinski definition) is 0. The molecule has 4 rings (SSSR count). The van der Waals surface area contributed by atoms with Crippen LogP contribution in [-0.2, 0) is 4.74 Å². The van der Waals surface area contributed by atoms with Crippen LogP contribution in [0.3, 0.4) is 0 Å². The van der Waals surface area contributed by atoms with Crippen molar-refractivity contribution in [3.05, 3.63) is 48.0 Å². The molecule has 1 aliphatic heterocycles. The molecule has 0 radical (unpaired) electrons. The second-order valence-electron chi connectivity index (χ2n) is 6.03. The summed E-state index contributed by atoms with van der Waals surface area (Å²) in [5.41, 5.74) is 0.992. The van der Waals surface area contributed by atoms with E-state index in [-0.39, 0.29) is 23.9 Å². The van der Waals surface area contributed by atoms with E-state index in [0.29, 0.717) is 24.5 Å². The van der Waals surface area contributed by atoms with E-state index in [0.717, 1.165) is 19.3 Å². The Morgan fingerprint density at radius 3 is 3.09 bits per heavy atom. The van der Waals surface area contributed by atoms with E-state index >= 15 is 0 Å². The number of amides is 1. The highest BCUT2D eigenvalue weighted by Gasteiger charge is 2.39. The lowest BCUT2D eigenvalue weighted by atomic mass is 10.1. The van der Waals surface area contributed by atoms with Crippen LogP contribution in [0.5, 0.6) is 0 Å². The quantitative estimate of drug-likeness (QED) is 0.855. The molecule has 2 aliphatic rings. The van der Waals surface area contributed by atoms with Gasteiger partial charge in [0.2, 0.25) is 0 Å². The monoisotopic (exact) mass is 315 g/mol. The molecular formula is C17H18FN3O2. The maximum absolute atomic E-state index is 13.3. The third kappa shape index (κ3) is 2.63. The van der Waals surface area contributed by atoms with Gasteiger partial charge in [-0.05, 0) is 43.5 Å². The lowest BCUT2D eigenvalue weighted by molar-refractivity contribution is -0.0447. The SMILES string of the molecule is O=C(c1ccn(-c2cccc(F)c2)n1)N1CCOC2CCCC21. The van der Waals surface area contributed by atoms with Crippen LogP contribution in [0.4, 0.5) is 4.39 Å². The smallest absolute Gasteiger partial charge is 0.274 e. The van der Waals surface area contributed by atoms with Gasteiger partial charge in [0, 0.05) is 12.7 Å². The average molecular weight is 315 g/mol. The number of benzene rings is 1. The fraction of sp³-hybridized carbons (Fsp3) is 0.412. The number of carbonyl (C=O) groups excluding carboxylic acids is 1. The molecule has 120 valence electrons. The van der Waals surface area contributed by atoms with Gasteiger partial charge in [-0.1, -0.05) is 6.07 Å². The molecular weight excluding hydrogens is 297 g/mol. The number of fused-ring (bicyclic) bond motifs is 1. The first-order chi connectivity index (χ1) is 11.2. The molecule has 5 nitrogen and oxygen atoms in total. The first-order valence-electron chi connectivity index (χ1n) is 7.96. The zero-order chi connectivity index (χ0) is 15.8. The first-order valence-corrected chi connectivity index (χ1v) is 7.96. The molecule has 1 saturated carbocycles. The van der Waals surface area contributed by atoms with E-state index in [1.54, 1.807) is 24.4 Å². The Morgan fingerprint density at radius 2 is 2.22 bits per heavy atom. The zero-order valence-corrected chi connectivity index (χ0v) is 12.7. The molecule has 0 spiro atoms. The van der Waals surface area contributed by atoms with Gasteiger partial charge < -0.3 is 9.64 Å². The minimum atomic E-state index is -0.326.